The zero-order valence-electron chi connectivity index (χ0n) is 13.5. The normalized spacial score (nSPS) is 11.0. The van der Waals surface area contributed by atoms with Gasteiger partial charge in [0.1, 0.15) is 11.4 Å². The second-order valence-electron chi connectivity index (χ2n) is 5.43. The molecule has 1 aromatic carbocycles. The quantitative estimate of drug-likeness (QED) is 0.605. The third kappa shape index (κ3) is 4.64. The first-order valence-corrected chi connectivity index (χ1v) is 9.30. The Balaban J connectivity index is 1.87. The fourth-order valence-electron chi connectivity index (χ4n) is 2.27. The Bertz CT molecular complexity index is 980. The van der Waals surface area contributed by atoms with E-state index in [9.17, 15) is 9.18 Å². The average molecular weight is 410 g/mol. The number of hydrogen-bond acceptors (Lipinski definition) is 4. The first kappa shape index (κ1) is 18.9. The fraction of sp³-hybridized carbons (Fsp3) is 0.118. The van der Waals surface area contributed by atoms with Gasteiger partial charge in [-0.05, 0) is 29.8 Å². The van der Waals surface area contributed by atoms with Gasteiger partial charge in [-0.25, -0.2) is 14.1 Å². The van der Waals surface area contributed by atoms with Crippen molar-refractivity contribution in [3.63, 3.8) is 0 Å². The predicted octanol–water partition coefficient (Wildman–Crippen LogP) is 3.56. The molecule has 0 saturated heterocycles. The molecule has 2 aromatic heterocycles. The zero-order chi connectivity index (χ0) is 18.7. The average Bonchev–Trinajstić information content (AvgIpc) is 2.60. The van der Waals surface area contributed by atoms with Gasteiger partial charge in [0.05, 0.1) is 17.3 Å². The minimum atomic E-state index is -0.504. The monoisotopic (exact) mass is 409 g/mol. The van der Waals surface area contributed by atoms with Crippen LogP contribution in [0.2, 0.25) is 5.02 Å². The van der Waals surface area contributed by atoms with Crippen LogP contribution < -0.4 is 10.3 Å². The van der Waals surface area contributed by atoms with Crippen LogP contribution in [0.1, 0.15) is 5.56 Å². The van der Waals surface area contributed by atoms with Gasteiger partial charge in [0.15, 0.2) is 0 Å². The number of hydrogen-bond donors (Lipinski definition) is 0. The van der Waals surface area contributed by atoms with Crippen LogP contribution >= 0.6 is 30.1 Å². The molecule has 2 heterocycles. The van der Waals surface area contributed by atoms with E-state index in [0.717, 1.165) is 5.56 Å². The molecule has 0 radical (unpaired) electrons. The maximum absolute atomic E-state index is 13.3. The van der Waals surface area contributed by atoms with Crippen molar-refractivity contribution in [2.75, 3.05) is 0 Å². The molecule has 3 aromatic rings. The maximum atomic E-state index is 13.3. The molecule has 26 heavy (non-hydrogen) atoms. The van der Waals surface area contributed by atoms with Crippen molar-refractivity contribution >= 4 is 30.1 Å². The van der Waals surface area contributed by atoms with Gasteiger partial charge >= 0.3 is 0 Å². The Morgan fingerprint density at radius 3 is 2.65 bits per heavy atom. The fourth-order valence-corrected chi connectivity index (χ4v) is 2.75. The van der Waals surface area contributed by atoms with E-state index in [4.69, 9.17) is 16.3 Å². The lowest BCUT2D eigenvalue weighted by Crippen LogP contribution is -2.22. The number of benzene rings is 1. The van der Waals surface area contributed by atoms with Gasteiger partial charge in [-0.2, -0.15) is 5.10 Å². The Labute approximate surface area is 159 Å². The molecule has 9 heteroatoms. The molecule has 0 spiro atoms. The van der Waals surface area contributed by atoms with Gasteiger partial charge in [0, 0.05) is 23.9 Å². The summed E-state index contributed by atoms with van der Waals surface area (Å²) < 4.78 is 20.0. The van der Waals surface area contributed by atoms with Crippen LogP contribution in [0, 0.1) is 5.82 Å². The highest BCUT2D eigenvalue weighted by atomic mass is 35.5. The summed E-state index contributed by atoms with van der Waals surface area (Å²) >= 11 is 5.79. The van der Waals surface area contributed by atoms with Gasteiger partial charge in [-0.1, -0.05) is 36.1 Å². The van der Waals surface area contributed by atoms with E-state index in [1.807, 2.05) is 6.07 Å². The summed E-state index contributed by atoms with van der Waals surface area (Å²) in [6.07, 6.45) is 1.62. The molecule has 0 aliphatic carbocycles. The Morgan fingerprint density at radius 2 is 2.00 bits per heavy atom. The highest BCUT2D eigenvalue weighted by Gasteiger charge is 2.08. The number of nitrogens with zero attached hydrogens (tertiary/aromatic N) is 3. The molecule has 134 valence electrons. The van der Waals surface area contributed by atoms with Crippen LogP contribution in [-0.2, 0) is 6.54 Å². The second-order valence-corrected chi connectivity index (χ2v) is 7.92. The first-order chi connectivity index (χ1) is 12.4. The molecule has 0 N–H and O–H groups in total. The maximum Gasteiger partial charge on any atom is 0.267 e. The molecule has 0 saturated carbocycles. The van der Waals surface area contributed by atoms with E-state index in [1.54, 1.807) is 24.4 Å². The molecule has 2 atom stereocenters. The van der Waals surface area contributed by atoms with E-state index in [-0.39, 0.29) is 22.7 Å². The summed E-state index contributed by atoms with van der Waals surface area (Å²) in [5.41, 5.74) is 1.61. The van der Waals surface area contributed by atoms with Crippen LogP contribution in [0.3, 0.4) is 0 Å². The van der Waals surface area contributed by atoms with E-state index < -0.39 is 5.82 Å². The van der Waals surface area contributed by atoms with Gasteiger partial charge in [-0.15, -0.1) is 0 Å². The standard InChI is InChI=1S/C17H15ClFN3O2P2/c18-12-7-10(1-3-13(12)19)9-22-16(23)6-4-14(21-22)11-2-5-15(20-8-11)24-17(25)26/h1-8,17H,9,25-26H2. The van der Waals surface area contributed by atoms with Gasteiger partial charge in [-0.3, -0.25) is 4.79 Å². The molecule has 0 bridgehead atoms. The first-order valence-electron chi connectivity index (χ1n) is 7.59. The lowest BCUT2D eigenvalue weighted by Gasteiger charge is -2.10. The van der Waals surface area contributed by atoms with E-state index in [0.29, 0.717) is 17.1 Å². The SMILES string of the molecule is O=c1ccc(-c2ccc(OC(P)P)nc2)nn1Cc1ccc(F)c(Cl)c1. The molecule has 3 rings (SSSR count). The van der Waals surface area contributed by atoms with Crippen molar-refractivity contribution in [1.29, 1.82) is 0 Å². The third-order valence-corrected chi connectivity index (χ3v) is 4.03. The lowest BCUT2D eigenvalue weighted by molar-refractivity contribution is 0.350. The number of aromatic nitrogens is 3. The third-order valence-electron chi connectivity index (χ3n) is 3.47. The largest absolute Gasteiger partial charge is 0.466 e. The Kier molecular flexibility index (Phi) is 5.98. The number of pyridine rings is 1. The highest BCUT2D eigenvalue weighted by Crippen LogP contribution is 2.21. The van der Waals surface area contributed by atoms with Gasteiger partial charge in [0.25, 0.3) is 5.56 Å². The van der Waals surface area contributed by atoms with Crippen LogP contribution in [0.5, 0.6) is 5.88 Å². The van der Waals surface area contributed by atoms with Crippen molar-refractivity contribution < 1.29 is 9.13 Å². The molecule has 0 amide bonds. The summed E-state index contributed by atoms with van der Waals surface area (Å²) in [6, 6.07) is 10.9. The molecular weight excluding hydrogens is 395 g/mol. The second kappa shape index (κ2) is 8.22. The summed E-state index contributed by atoms with van der Waals surface area (Å²) in [5, 5.41) is 4.37. The van der Waals surface area contributed by atoms with Gasteiger partial charge in [0.2, 0.25) is 5.88 Å². The van der Waals surface area contributed by atoms with Gasteiger partial charge < -0.3 is 4.74 Å². The highest BCUT2D eigenvalue weighted by molar-refractivity contribution is 7.37. The number of ether oxygens (including phenoxy) is 1. The molecule has 2 unspecified atom stereocenters. The van der Waals surface area contributed by atoms with Crippen molar-refractivity contribution in [2.24, 2.45) is 0 Å². The molecular formula is C17H15ClFN3O2P2. The molecule has 0 aliphatic heterocycles. The van der Waals surface area contributed by atoms with Crippen molar-refractivity contribution in [2.45, 2.75) is 12.1 Å². The molecule has 5 nitrogen and oxygen atoms in total. The number of rotatable bonds is 5. The number of halogens is 2. The minimum Gasteiger partial charge on any atom is -0.466 e. The van der Waals surface area contributed by atoms with Crippen LogP contribution in [0.15, 0.2) is 53.5 Å². The zero-order valence-corrected chi connectivity index (χ0v) is 16.5. The van der Waals surface area contributed by atoms with E-state index >= 15 is 0 Å². The Hall–Kier alpha value is -1.87. The summed E-state index contributed by atoms with van der Waals surface area (Å²) in [6.45, 7) is 0.184. The van der Waals surface area contributed by atoms with E-state index in [1.165, 1.54) is 22.9 Å². The Morgan fingerprint density at radius 1 is 1.19 bits per heavy atom. The van der Waals surface area contributed by atoms with Crippen LogP contribution in [-0.4, -0.2) is 20.4 Å². The summed E-state index contributed by atoms with van der Waals surface area (Å²) in [4.78, 5) is 16.3. The topological polar surface area (TPSA) is 57.0 Å². The van der Waals surface area contributed by atoms with Crippen LogP contribution in [0.4, 0.5) is 4.39 Å². The van der Waals surface area contributed by atoms with Crippen LogP contribution in [0.25, 0.3) is 11.3 Å². The van der Waals surface area contributed by atoms with E-state index in [2.05, 4.69) is 28.6 Å². The molecule has 0 fully saturated rings. The summed E-state index contributed by atoms with van der Waals surface area (Å²) in [7, 11) is 4.99. The summed E-state index contributed by atoms with van der Waals surface area (Å²) in [5.74, 6) is -0.0194. The van der Waals surface area contributed by atoms with Crippen molar-refractivity contribution in [3.05, 3.63) is 75.4 Å². The smallest absolute Gasteiger partial charge is 0.267 e. The minimum absolute atomic E-state index is 0.00738. The van der Waals surface area contributed by atoms with Crippen molar-refractivity contribution in [1.82, 2.24) is 14.8 Å². The predicted molar refractivity (Wildman–Crippen MR) is 106 cm³/mol. The van der Waals surface area contributed by atoms with Crippen molar-refractivity contribution in [3.8, 4) is 17.1 Å². The lowest BCUT2D eigenvalue weighted by atomic mass is 10.2. The molecule has 0 aliphatic rings.